The molecule has 7 heteroatoms. The van der Waals surface area contributed by atoms with Gasteiger partial charge < -0.3 is 9.80 Å². The monoisotopic (exact) mass is 378 g/mol. The van der Waals surface area contributed by atoms with Crippen LogP contribution in [0.3, 0.4) is 0 Å². The van der Waals surface area contributed by atoms with Crippen LogP contribution in [0.1, 0.15) is 66.8 Å². The van der Waals surface area contributed by atoms with E-state index in [-0.39, 0.29) is 17.7 Å². The van der Waals surface area contributed by atoms with E-state index < -0.39 is 5.38 Å². The summed E-state index contributed by atoms with van der Waals surface area (Å²) in [4.78, 5) is 37.7. The SMILES string of the molecule is Cc1ncc(C(=O)N2CCCCC2)c(C2CCN(C(=O)C(C)Cl)CC2)n1. The van der Waals surface area contributed by atoms with Gasteiger partial charge in [0.05, 0.1) is 11.3 Å². The lowest BCUT2D eigenvalue weighted by Crippen LogP contribution is -2.42. The first-order valence-electron chi connectivity index (χ1n) is 9.53. The van der Waals surface area contributed by atoms with Crippen LogP contribution in [0.4, 0.5) is 0 Å². The highest BCUT2D eigenvalue weighted by Gasteiger charge is 2.30. The highest BCUT2D eigenvalue weighted by Crippen LogP contribution is 2.30. The number of rotatable bonds is 3. The number of hydrogen-bond acceptors (Lipinski definition) is 4. The first kappa shape index (κ1) is 19.1. The van der Waals surface area contributed by atoms with Crippen molar-refractivity contribution in [2.45, 2.75) is 57.2 Å². The van der Waals surface area contributed by atoms with Crippen molar-refractivity contribution in [3.05, 3.63) is 23.3 Å². The Kier molecular flexibility index (Phi) is 6.12. The van der Waals surface area contributed by atoms with Gasteiger partial charge in [0.2, 0.25) is 5.91 Å². The van der Waals surface area contributed by atoms with E-state index in [1.165, 1.54) is 6.42 Å². The minimum Gasteiger partial charge on any atom is -0.341 e. The molecule has 2 saturated heterocycles. The number of carbonyl (C=O) groups excluding carboxylic acids is 2. The van der Waals surface area contributed by atoms with Gasteiger partial charge in [-0.15, -0.1) is 11.6 Å². The summed E-state index contributed by atoms with van der Waals surface area (Å²) in [5.41, 5.74) is 1.48. The predicted molar refractivity (Wildman–Crippen MR) is 100 cm³/mol. The molecule has 3 rings (SSSR count). The van der Waals surface area contributed by atoms with Crippen LogP contribution in [0, 0.1) is 6.92 Å². The van der Waals surface area contributed by atoms with Crippen LogP contribution in [0.2, 0.25) is 0 Å². The number of hydrogen-bond donors (Lipinski definition) is 0. The molecule has 1 aromatic heterocycles. The van der Waals surface area contributed by atoms with E-state index in [1.807, 2.05) is 16.7 Å². The summed E-state index contributed by atoms with van der Waals surface area (Å²) in [5, 5.41) is -0.496. The molecule has 1 aromatic rings. The maximum atomic E-state index is 13.0. The molecule has 0 spiro atoms. The van der Waals surface area contributed by atoms with Crippen molar-refractivity contribution in [2.24, 2.45) is 0 Å². The number of likely N-dealkylation sites (tertiary alicyclic amines) is 2. The van der Waals surface area contributed by atoms with Crippen LogP contribution in [0.5, 0.6) is 0 Å². The molecule has 0 N–H and O–H groups in total. The zero-order valence-corrected chi connectivity index (χ0v) is 16.3. The van der Waals surface area contributed by atoms with Crippen molar-refractivity contribution >= 4 is 23.4 Å². The normalized spacial score (nSPS) is 20.1. The first-order chi connectivity index (χ1) is 12.5. The van der Waals surface area contributed by atoms with Crippen molar-refractivity contribution in [2.75, 3.05) is 26.2 Å². The summed E-state index contributed by atoms with van der Waals surface area (Å²) in [5.74, 6) is 0.888. The highest BCUT2D eigenvalue weighted by molar-refractivity contribution is 6.30. The molecular weight excluding hydrogens is 352 g/mol. The van der Waals surface area contributed by atoms with Crippen LogP contribution in [0.15, 0.2) is 6.20 Å². The predicted octanol–water partition coefficient (Wildman–Crippen LogP) is 2.74. The van der Waals surface area contributed by atoms with Crippen molar-refractivity contribution in [1.82, 2.24) is 19.8 Å². The number of halogens is 1. The summed E-state index contributed by atoms with van der Waals surface area (Å²) >= 11 is 5.93. The van der Waals surface area contributed by atoms with Gasteiger partial charge in [-0.3, -0.25) is 9.59 Å². The Morgan fingerprint density at radius 2 is 1.77 bits per heavy atom. The average molecular weight is 379 g/mol. The second-order valence-corrected chi connectivity index (χ2v) is 7.94. The van der Waals surface area contributed by atoms with Gasteiger partial charge in [-0.2, -0.15) is 0 Å². The quantitative estimate of drug-likeness (QED) is 0.758. The molecule has 0 saturated carbocycles. The fourth-order valence-electron chi connectivity index (χ4n) is 3.86. The topological polar surface area (TPSA) is 66.4 Å². The lowest BCUT2D eigenvalue weighted by molar-refractivity contribution is -0.131. The molecule has 0 radical (unpaired) electrons. The van der Waals surface area contributed by atoms with Crippen molar-refractivity contribution in [3.8, 4) is 0 Å². The van der Waals surface area contributed by atoms with Crippen molar-refractivity contribution in [3.63, 3.8) is 0 Å². The van der Waals surface area contributed by atoms with Crippen LogP contribution in [-0.2, 0) is 4.79 Å². The Morgan fingerprint density at radius 1 is 1.12 bits per heavy atom. The minimum absolute atomic E-state index is 0.0198. The second kappa shape index (κ2) is 8.33. The Morgan fingerprint density at radius 3 is 2.38 bits per heavy atom. The molecule has 2 amide bonds. The smallest absolute Gasteiger partial charge is 0.257 e. The molecule has 1 atom stereocenters. The summed E-state index contributed by atoms with van der Waals surface area (Å²) in [7, 11) is 0. The van der Waals surface area contributed by atoms with E-state index in [2.05, 4.69) is 9.97 Å². The number of aryl methyl sites for hydroxylation is 1. The molecule has 3 heterocycles. The molecular formula is C19H27ClN4O2. The van der Waals surface area contributed by atoms with Gasteiger partial charge in [-0.25, -0.2) is 9.97 Å². The number of alkyl halides is 1. The van der Waals surface area contributed by atoms with Gasteiger partial charge in [0.25, 0.3) is 5.91 Å². The Labute approximate surface area is 159 Å². The molecule has 2 aliphatic rings. The van der Waals surface area contributed by atoms with E-state index >= 15 is 0 Å². The van der Waals surface area contributed by atoms with Gasteiger partial charge >= 0.3 is 0 Å². The van der Waals surface area contributed by atoms with Gasteiger partial charge in [0, 0.05) is 38.3 Å². The number of piperidine rings is 2. The van der Waals surface area contributed by atoms with Crippen LogP contribution in [0.25, 0.3) is 0 Å². The summed E-state index contributed by atoms with van der Waals surface area (Å²) in [6.07, 6.45) is 6.59. The van der Waals surface area contributed by atoms with Gasteiger partial charge in [0.15, 0.2) is 0 Å². The van der Waals surface area contributed by atoms with Crippen molar-refractivity contribution in [1.29, 1.82) is 0 Å². The van der Waals surface area contributed by atoms with Crippen molar-refractivity contribution < 1.29 is 9.59 Å². The summed E-state index contributed by atoms with van der Waals surface area (Å²) in [6, 6.07) is 0. The van der Waals surface area contributed by atoms with E-state index in [4.69, 9.17) is 11.6 Å². The molecule has 1 unspecified atom stereocenters. The number of aromatic nitrogens is 2. The Bertz CT molecular complexity index is 666. The third-order valence-electron chi connectivity index (χ3n) is 5.35. The average Bonchev–Trinajstić information content (AvgIpc) is 2.67. The number of amides is 2. The van der Waals surface area contributed by atoms with Gasteiger partial charge in [0.1, 0.15) is 11.2 Å². The maximum absolute atomic E-state index is 13.0. The molecule has 2 fully saturated rings. The molecule has 26 heavy (non-hydrogen) atoms. The minimum atomic E-state index is -0.496. The molecule has 0 aromatic carbocycles. The molecule has 0 aliphatic carbocycles. The van der Waals surface area contributed by atoms with Crippen LogP contribution in [-0.4, -0.2) is 63.1 Å². The lowest BCUT2D eigenvalue weighted by atomic mass is 9.90. The summed E-state index contributed by atoms with van der Waals surface area (Å²) < 4.78 is 0. The van der Waals surface area contributed by atoms with Crippen LogP contribution < -0.4 is 0 Å². The van der Waals surface area contributed by atoms with E-state index in [1.54, 1.807) is 13.1 Å². The molecule has 6 nitrogen and oxygen atoms in total. The fourth-order valence-corrected chi connectivity index (χ4v) is 3.99. The standard InChI is InChI=1S/C19H27ClN4O2/c1-13(20)18(25)24-10-6-15(7-11-24)17-16(12-21-14(2)22-17)19(26)23-8-4-3-5-9-23/h12-13,15H,3-11H2,1-2H3. The highest BCUT2D eigenvalue weighted by atomic mass is 35.5. The van der Waals surface area contributed by atoms with E-state index in [9.17, 15) is 9.59 Å². The van der Waals surface area contributed by atoms with Gasteiger partial charge in [-0.05, 0) is 46.0 Å². The zero-order valence-electron chi connectivity index (χ0n) is 15.6. The fraction of sp³-hybridized carbons (Fsp3) is 0.684. The Hall–Kier alpha value is -1.69. The summed E-state index contributed by atoms with van der Waals surface area (Å²) in [6.45, 7) is 6.49. The lowest BCUT2D eigenvalue weighted by Gasteiger charge is -2.33. The van der Waals surface area contributed by atoms with Crippen LogP contribution >= 0.6 is 11.6 Å². The second-order valence-electron chi connectivity index (χ2n) is 7.28. The molecule has 2 aliphatic heterocycles. The van der Waals surface area contributed by atoms with E-state index in [0.717, 1.165) is 44.5 Å². The molecule has 142 valence electrons. The van der Waals surface area contributed by atoms with Gasteiger partial charge in [-0.1, -0.05) is 0 Å². The zero-order chi connectivity index (χ0) is 18.7. The Balaban J connectivity index is 1.76. The maximum Gasteiger partial charge on any atom is 0.257 e. The third-order valence-corrected chi connectivity index (χ3v) is 5.53. The molecule has 0 bridgehead atoms. The number of carbonyl (C=O) groups is 2. The number of nitrogens with zero attached hydrogens (tertiary/aromatic N) is 4. The first-order valence-corrected chi connectivity index (χ1v) is 9.96. The van der Waals surface area contributed by atoms with E-state index in [0.29, 0.717) is 24.5 Å². The third kappa shape index (κ3) is 4.17. The largest absolute Gasteiger partial charge is 0.341 e.